The average Bonchev–Trinajstić information content (AvgIpc) is 2.95. The quantitative estimate of drug-likeness (QED) is 0.602. The Balaban J connectivity index is 1.82. The number of thiazole rings is 1. The summed E-state index contributed by atoms with van der Waals surface area (Å²) in [5, 5.41) is 3.93. The largest absolute Gasteiger partial charge is 0.332 e. The molecule has 0 aliphatic rings. The van der Waals surface area contributed by atoms with Gasteiger partial charge in [-0.2, -0.15) is 0 Å². The number of ketones is 1. The third-order valence-corrected chi connectivity index (χ3v) is 4.84. The molecule has 1 aromatic heterocycles. The van der Waals surface area contributed by atoms with Gasteiger partial charge in [0.15, 0.2) is 5.13 Å². The van der Waals surface area contributed by atoms with Gasteiger partial charge in [0.25, 0.3) is 0 Å². The molecule has 3 aromatic rings. The number of carbonyl (C=O) groups is 1. The minimum Gasteiger partial charge on any atom is -0.332 e. The van der Waals surface area contributed by atoms with E-state index in [-0.39, 0.29) is 5.78 Å². The zero-order valence-corrected chi connectivity index (χ0v) is 15.2. The van der Waals surface area contributed by atoms with Crippen LogP contribution in [0.4, 0.5) is 10.8 Å². The maximum atomic E-state index is 12.6. The second-order valence-electron chi connectivity index (χ2n) is 5.31. The predicted molar refractivity (Wildman–Crippen MR) is 98.9 cm³/mol. The van der Waals surface area contributed by atoms with E-state index in [0.717, 1.165) is 26.9 Å². The van der Waals surface area contributed by atoms with Crippen LogP contribution in [-0.4, -0.2) is 10.8 Å². The van der Waals surface area contributed by atoms with E-state index in [1.54, 1.807) is 6.20 Å². The van der Waals surface area contributed by atoms with E-state index < -0.39 is 0 Å². The monoisotopic (exact) mass is 386 g/mol. The fraction of sp³-hybridized carbons (Fsp3) is 0.111. The maximum Gasteiger partial charge on any atom is 0.204 e. The van der Waals surface area contributed by atoms with Gasteiger partial charge >= 0.3 is 0 Å². The van der Waals surface area contributed by atoms with Crippen LogP contribution in [0.2, 0.25) is 0 Å². The van der Waals surface area contributed by atoms with Crippen molar-refractivity contribution in [2.24, 2.45) is 0 Å². The number of nitrogens with one attached hydrogen (secondary N) is 1. The molecular weight excluding hydrogens is 372 g/mol. The van der Waals surface area contributed by atoms with Gasteiger partial charge in [-0.15, -0.1) is 0 Å². The van der Waals surface area contributed by atoms with Crippen molar-refractivity contribution in [1.82, 2.24) is 4.98 Å². The Bertz CT molecular complexity index is 873. The molecule has 0 saturated carbocycles. The second kappa shape index (κ2) is 6.64. The highest BCUT2D eigenvalue weighted by atomic mass is 79.9. The second-order valence-corrected chi connectivity index (χ2v) is 7.26. The van der Waals surface area contributed by atoms with Crippen LogP contribution in [0.5, 0.6) is 0 Å². The first-order chi connectivity index (χ1) is 11.0. The molecule has 23 heavy (non-hydrogen) atoms. The van der Waals surface area contributed by atoms with E-state index in [4.69, 9.17) is 0 Å². The first-order valence-electron chi connectivity index (χ1n) is 7.13. The summed E-state index contributed by atoms with van der Waals surface area (Å²) < 4.78 is 0.991. The van der Waals surface area contributed by atoms with Gasteiger partial charge in [0.1, 0.15) is 0 Å². The molecule has 0 amide bonds. The van der Waals surface area contributed by atoms with Crippen LogP contribution in [-0.2, 0) is 0 Å². The summed E-state index contributed by atoms with van der Waals surface area (Å²) in [6.45, 7) is 3.98. The molecule has 0 atom stereocenters. The number of aromatic nitrogens is 1. The summed E-state index contributed by atoms with van der Waals surface area (Å²) in [5.41, 5.74) is 3.80. The van der Waals surface area contributed by atoms with Crippen LogP contribution in [0, 0.1) is 13.8 Å². The van der Waals surface area contributed by atoms with Gasteiger partial charge in [0.05, 0.1) is 11.1 Å². The standard InChI is InChI=1S/C18H15BrN2OS/c1-11-6-7-15(12(2)8-11)17(22)16-10-20-18(23-16)21-14-5-3-4-13(19)9-14/h3-10H,1-2H3,(H,20,21). The zero-order chi connectivity index (χ0) is 16.4. The summed E-state index contributed by atoms with van der Waals surface area (Å²) in [6.07, 6.45) is 1.63. The van der Waals surface area contributed by atoms with Crippen LogP contribution in [0.15, 0.2) is 53.1 Å². The molecule has 0 saturated heterocycles. The van der Waals surface area contributed by atoms with Crippen LogP contribution in [0.1, 0.15) is 26.4 Å². The molecule has 0 bridgehead atoms. The van der Waals surface area contributed by atoms with Gasteiger partial charge in [-0.05, 0) is 37.6 Å². The van der Waals surface area contributed by atoms with E-state index >= 15 is 0 Å². The van der Waals surface area contributed by atoms with Crippen LogP contribution in [0.25, 0.3) is 0 Å². The van der Waals surface area contributed by atoms with Crippen molar-refractivity contribution in [1.29, 1.82) is 0 Å². The molecule has 0 radical (unpaired) electrons. The number of hydrogen-bond acceptors (Lipinski definition) is 4. The Kier molecular flexibility index (Phi) is 4.59. The van der Waals surface area contributed by atoms with Crippen molar-refractivity contribution < 1.29 is 4.79 Å². The Labute approximate surface area is 147 Å². The van der Waals surface area contributed by atoms with E-state index in [2.05, 4.69) is 26.2 Å². The smallest absolute Gasteiger partial charge is 0.204 e. The lowest BCUT2D eigenvalue weighted by Gasteiger charge is -2.04. The first kappa shape index (κ1) is 15.9. The van der Waals surface area contributed by atoms with E-state index in [1.807, 2.05) is 56.3 Å². The van der Waals surface area contributed by atoms with Crippen LogP contribution < -0.4 is 5.32 Å². The zero-order valence-electron chi connectivity index (χ0n) is 12.8. The van der Waals surface area contributed by atoms with Crippen molar-refractivity contribution in [3.63, 3.8) is 0 Å². The van der Waals surface area contributed by atoms with Gasteiger partial charge in [-0.1, -0.05) is 57.1 Å². The Morgan fingerprint density at radius 2 is 2.00 bits per heavy atom. The van der Waals surface area contributed by atoms with E-state index in [1.165, 1.54) is 11.3 Å². The van der Waals surface area contributed by atoms with Crippen molar-refractivity contribution in [2.45, 2.75) is 13.8 Å². The molecule has 0 unspecified atom stereocenters. The summed E-state index contributed by atoms with van der Waals surface area (Å²) in [4.78, 5) is 17.6. The minimum absolute atomic E-state index is 0.0160. The highest BCUT2D eigenvalue weighted by molar-refractivity contribution is 9.10. The number of halogens is 1. The highest BCUT2D eigenvalue weighted by Crippen LogP contribution is 2.26. The summed E-state index contributed by atoms with van der Waals surface area (Å²) in [7, 11) is 0. The number of benzene rings is 2. The third-order valence-electron chi connectivity index (χ3n) is 3.43. The molecule has 1 heterocycles. The average molecular weight is 387 g/mol. The van der Waals surface area contributed by atoms with Crippen molar-refractivity contribution >= 4 is 43.9 Å². The van der Waals surface area contributed by atoms with Gasteiger partial charge < -0.3 is 5.32 Å². The molecule has 0 aliphatic carbocycles. The molecule has 0 fully saturated rings. The van der Waals surface area contributed by atoms with E-state index in [0.29, 0.717) is 10.0 Å². The van der Waals surface area contributed by atoms with Crippen LogP contribution >= 0.6 is 27.3 Å². The molecule has 3 rings (SSSR count). The van der Waals surface area contributed by atoms with E-state index in [9.17, 15) is 4.79 Å². The lowest BCUT2D eigenvalue weighted by molar-refractivity contribution is 0.104. The van der Waals surface area contributed by atoms with Crippen LogP contribution in [0.3, 0.4) is 0 Å². The lowest BCUT2D eigenvalue weighted by Crippen LogP contribution is -2.01. The summed E-state index contributed by atoms with van der Waals surface area (Å²) in [5.74, 6) is 0.0160. The Morgan fingerprint density at radius 3 is 2.74 bits per heavy atom. The molecule has 1 N–H and O–H groups in total. The Hall–Kier alpha value is -1.98. The van der Waals surface area contributed by atoms with Crippen molar-refractivity contribution in [3.05, 3.63) is 74.7 Å². The molecule has 0 spiro atoms. The molecular formula is C18H15BrN2OS. The molecule has 2 aromatic carbocycles. The molecule has 3 nitrogen and oxygen atoms in total. The lowest BCUT2D eigenvalue weighted by atomic mass is 10.0. The highest BCUT2D eigenvalue weighted by Gasteiger charge is 2.15. The fourth-order valence-corrected chi connectivity index (χ4v) is 3.52. The number of carbonyl (C=O) groups excluding carboxylic acids is 1. The molecule has 5 heteroatoms. The topological polar surface area (TPSA) is 42.0 Å². The Morgan fingerprint density at radius 1 is 1.17 bits per heavy atom. The van der Waals surface area contributed by atoms with Gasteiger partial charge in [0.2, 0.25) is 5.78 Å². The maximum absolute atomic E-state index is 12.6. The summed E-state index contributed by atoms with van der Waals surface area (Å²) in [6, 6.07) is 13.7. The molecule has 0 aliphatic heterocycles. The number of hydrogen-bond donors (Lipinski definition) is 1. The third kappa shape index (κ3) is 3.68. The van der Waals surface area contributed by atoms with Crippen molar-refractivity contribution in [3.8, 4) is 0 Å². The van der Waals surface area contributed by atoms with Gasteiger partial charge in [0, 0.05) is 15.7 Å². The first-order valence-corrected chi connectivity index (χ1v) is 8.74. The van der Waals surface area contributed by atoms with Gasteiger partial charge in [-0.3, -0.25) is 4.79 Å². The minimum atomic E-state index is 0.0160. The SMILES string of the molecule is Cc1ccc(C(=O)c2cnc(Nc3cccc(Br)c3)s2)c(C)c1. The normalized spacial score (nSPS) is 10.6. The number of rotatable bonds is 4. The van der Waals surface area contributed by atoms with Crippen molar-refractivity contribution in [2.75, 3.05) is 5.32 Å². The number of aryl methyl sites for hydroxylation is 2. The summed E-state index contributed by atoms with van der Waals surface area (Å²) >= 11 is 4.80. The van der Waals surface area contributed by atoms with Gasteiger partial charge in [-0.25, -0.2) is 4.98 Å². The number of nitrogens with zero attached hydrogens (tertiary/aromatic N) is 1. The predicted octanol–water partition coefficient (Wildman–Crippen LogP) is 5.50. The number of anilines is 2. The molecule has 116 valence electrons. The fourth-order valence-electron chi connectivity index (χ4n) is 2.33.